The number of rotatable bonds is 4. The molecule has 0 aliphatic heterocycles. The largest absolute Gasteiger partial charge is 0.465 e. The molecule has 0 unspecified atom stereocenters. The van der Waals surface area contributed by atoms with Crippen molar-refractivity contribution < 1.29 is 9.53 Å². The summed E-state index contributed by atoms with van der Waals surface area (Å²) in [5.74, 6) is -0.432. The molecule has 0 aliphatic carbocycles. The first kappa shape index (κ1) is 16.0. The first-order valence-corrected chi connectivity index (χ1v) is 7.19. The van der Waals surface area contributed by atoms with Crippen LogP contribution >= 0.6 is 34.8 Å². The molecule has 0 radical (unpaired) electrons. The average molecular weight is 345 g/mol. The molecule has 110 valence electrons. The monoisotopic (exact) mass is 343 g/mol. The molecule has 6 heteroatoms. The van der Waals surface area contributed by atoms with Crippen molar-refractivity contribution in [1.82, 2.24) is 0 Å². The summed E-state index contributed by atoms with van der Waals surface area (Å²) in [4.78, 5) is 11.7. The number of anilines is 1. The van der Waals surface area contributed by atoms with Gasteiger partial charge in [0.2, 0.25) is 0 Å². The highest BCUT2D eigenvalue weighted by Gasteiger charge is 2.12. The lowest BCUT2D eigenvalue weighted by Crippen LogP contribution is -2.08. The van der Waals surface area contributed by atoms with Gasteiger partial charge in [0.05, 0.1) is 18.4 Å². The number of esters is 1. The first-order chi connectivity index (χ1) is 9.99. The molecule has 2 rings (SSSR count). The van der Waals surface area contributed by atoms with Gasteiger partial charge in [-0.25, -0.2) is 4.79 Å². The standard InChI is InChI=1S/C15H12Cl3NO2/c1-21-15(20)13-3-2-10(16)7-14(13)19-8-9-4-11(17)6-12(18)5-9/h2-7,19H,8H2,1H3. The highest BCUT2D eigenvalue weighted by atomic mass is 35.5. The maximum Gasteiger partial charge on any atom is 0.339 e. The predicted molar refractivity (Wildman–Crippen MR) is 86.6 cm³/mol. The van der Waals surface area contributed by atoms with Crippen molar-refractivity contribution in [3.05, 3.63) is 62.6 Å². The number of halogens is 3. The van der Waals surface area contributed by atoms with Crippen LogP contribution < -0.4 is 5.32 Å². The molecule has 0 atom stereocenters. The van der Waals surface area contributed by atoms with Gasteiger partial charge >= 0.3 is 5.97 Å². The summed E-state index contributed by atoms with van der Waals surface area (Å²) in [5.41, 5.74) is 1.89. The van der Waals surface area contributed by atoms with Crippen LogP contribution in [0, 0.1) is 0 Å². The number of nitrogens with one attached hydrogen (secondary N) is 1. The van der Waals surface area contributed by atoms with E-state index in [1.165, 1.54) is 7.11 Å². The van der Waals surface area contributed by atoms with Crippen molar-refractivity contribution in [3.8, 4) is 0 Å². The lowest BCUT2D eigenvalue weighted by Gasteiger charge is -2.12. The minimum atomic E-state index is -0.432. The van der Waals surface area contributed by atoms with Crippen LogP contribution in [-0.2, 0) is 11.3 Å². The second kappa shape index (κ2) is 7.03. The second-order valence-electron chi connectivity index (χ2n) is 4.31. The third-order valence-corrected chi connectivity index (χ3v) is 3.46. The van der Waals surface area contributed by atoms with E-state index in [1.54, 1.807) is 36.4 Å². The summed E-state index contributed by atoms with van der Waals surface area (Å²) in [7, 11) is 1.33. The summed E-state index contributed by atoms with van der Waals surface area (Å²) >= 11 is 17.9. The number of hydrogen-bond donors (Lipinski definition) is 1. The van der Waals surface area contributed by atoms with Crippen molar-refractivity contribution in [2.45, 2.75) is 6.54 Å². The Morgan fingerprint density at radius 2 is 1.71 bits per heavy atom. The van der Waals surface area contributed by atoms with E-state index in [-0.39, 0.29) is 0 Å². The van der Waals surface area contributed by atoms with Gasteiger partial charge in [-0.1, -0.05) is 34.8 Å². The lowest BCUT2D eigenvalue weighted by molar-refractivity contribution is 0.0602. The highest BCUT2D eigenvalue weighted by Crippen LogP contribution is 2.24. The van der Waals surface area contributed by atoms with Crippen molar-refractivity contribution in [1.29, 1.82) is 0 Å². The molecule has 2 aromatic carbocycles. The Kier molecular flexibility index (Phi) is 5.34. The molecule has 0 bridgehead atoms. The molecule has 0 spiro atoms. The molecule has 0 fully saturated rings. The normalized spacial score (nSPS) is 10.3. The Bertz CT molecular complexity index is 654. The molecule has 1 N–H and O–H groups in total. The quantitative estimate of drug-likeness (QED) is 0.789. The average Bonchev–Trinajstić information content (AvgIpc) is 2.43. The van der Waals surface area contributed by atoms with E-state index in [1.807, 2.05) is 0 Å². The lowest BCUT2D eigenvalue weighted by atomic mass is 10.1. The fraction of sp³-hybridized carbons (Fsp3) is 0.133. The molecule has 0 saturated heterocycles. The molecule has 0 aromatic heterocycles. The van der Waals surface area contributed by atoms with Gasteiger partial charge in [-0.15, -0.1) is 0 Å². The molecule has 21 heavy (non-hydrogen) atoms. The summed E-state index contributed by atoms with van der Waals surface area (Å²) in [6, 6.07) is 10.2. The van der Waals surface area contributed by atoms with E-state index in [0.29, 0.717) is 32.9 Å². The molecule has 0 heterocycles. The fourth-order valence-corrected chi connectivity index (χ4v) is 2.60. The highest BCUT2D eigenvalue weighted by molar-refractivity contribution is 6.34. The first-order valence-electron chi connectivity index (χ1n) is 6.06. The topological polar surface area (TPSA) is 38.3 Å². The van der Waals surface area contributed by atoms with Crippen LogP contribution in [0.3, 0.4) is 0 Å². The minimum Gasteiger partial charge on any atom is -0.465 e. The number of methoxy groups -OCH3 is 1. The Labute approximate surface area is 137 Å². The zero-order chi connectivity index (χ0) is 15.4. The zero-order valence-corrected chi connectivity index (χ0v) is 13.4. The van der Waals surface area contributed by atoms with E-state index in [9.17, 15) is 4.79 Å². The SMILES string of the molecule is COC(=O)c1ccc(Cl)cc1NCc1cc(Cl)cc(Cl)c1. The van der Waals surface area contributed by atoms with Crippen LogP contribution in [0.2, 0.25) is 15.1 Å². The third kappa shape index (κ3) is 4.27. The Morgan fingerprint density at radius 1 is 1.05 bits per heavy atom. The summed E-state index contributed by atoms with van der Waals surface area (Å²) in [6.07, 6.45) is 0. The third-order valence-electron chi connectivity index (χ3n) is 2.79. The molecular formula is C15H12Cl3NO2. The van der Waals surface area contributed by atoms with Gasteiger partial charge < -0.3 is 10.1 Å². The van der Waals surface area contributed by atoms with E-state index in [4.69, 9.17) is 39.5 Å². The molecule has 3 nitrogen and oxygen atoms in total. The number of benzene rings is 2. The van der Waals surface area contributed by atoms with Crippen LogP contribution in [0.4, 0.5) is 5.69 Å². The summed E-state index contributed by atoms with van der Waals surface area (Å²) in [5, 5.41) is 4.77. The molecular weight excluding hydrogens is 333 g/mol. The number of carbonyl (C=O) groups excluding carboxylic acids is 1. The summed E-state index contributed by atoms with van der Waals surface area (Å²) in [6.45, 7) is 0.449. The van der Waals surface area contributed by atoms with Crippen LogP contribution in [0.25, 0.3) is 0 Å². The van der Waals surface area contributed by atoms with Crippen LogP contribution in [-0.4, -0.2) is 13.1 Å². The number of hydrogen-bond acceptors (Lipinski definition) is 3. The van der Waals surface area contributed by atoms with Crippen molar-refractivity contribution >= 4 is 46.5 Å². The maximum absolute atomic E-state index is 11.7. The number of ether oxygens (including phenoxy) is 1. The smallest absolute Gasteiger partial charge is 0.339 e. The zero-order valence-electron chi connectivity index (χ0n) is 11.1. The van der Waals surface area contributed by atoms with Crippen LogP contribution in [0.1, 0.15) is 15.9 Å². The van der Waals surface area contributed by atoms with E-state index >= 15 is 0 Å². The molecule has 0 saturated carbocycles. The van der Waals surface area contributed by atoms with Gasteiger partial charge in [-0.05, 0) is 42.0 Å². The molecule has 2 aromatic rings. The minimum absolute atomic E-state index is 0.412. The fourth-order valence-electron chi connectivity index (χ4n) is 1.86. The van der Waals surface area contributed by atoms with Gasteiger partial charge in [0.1, 0.15) is 0 Å². The van der Waals surface area contributed by atoms with Crippen molar-refractivity contribution in [3.63, 3.8) is 0 Å². The van der Waals surface area contributed by atoms with Crippen molar-refractivity contribution in [2.75, 3.05) is 12.4 Å². The van der Waals surface area contributed by atoms with Crippen LogP contribution in [0.15, 0.2) is 36.4 Å². The van der Waals surface area contributed by atoms with E-state index in [2.05, 4.69) is 5.32 Å². The van der Waals surface area contributed by atoms with Gasteiger partial charge in [0, 0.05) is 21.6 Å². The van der Waals surface area contributed by atoms with Crippen LogP contribution in [0.5, 0.6) is 0 Å². The Balaban J connectivity index is 2.22. The van der Waals surface area contributed by atoms with Gasteiger partial charge in [0.25, 0.3) is 0 Å². The van der Waals surface area contributed by atoms with E-state index < -0.39 is 5.97 Å². The summed E-state index contributed by atoms with van der Waals surface area (Å²) < 4.78 is 4.74. The van der Waals surface area contributed by atoms with E-state index in [0.717, 1.165) is 5.56 Å². The second-order valence-corrected chi connectivity index (χ2v) is 5.62. The Hall–Kier alpha value is -1.42. The maximum atomic E-state index is 11.7. The predicted octanol–water partition coefficient (Wildman–Crippen LogP) is 5.05. The van der Waals surface area contributed by atoms with Crippen molar-refractivity contribution in [2.24, 2.45) is 0 Å². The van der Waals surface area contributed by atoms with Gasteiger partial charge in [-0.3, -0.25) is 0 Å². The molecule has 0 amide bonds. The number of carbonyl (C=O) groups is 1. The van der Waals surface area contributed by atoms with Gasteiger partial charge in [0.15, 0.2) is 0 Å². The molecule has 0 aliphatic rings. The Morgan fingerprint density at radius 3 is 2.33 bits per heavy atom. The van der Waals surface area contributed by atoms with Gasteiger partial charge in [-0.2, -0.15) is 0 Å².